The van der Waals surface area contributed by atoms with Gasteiger partial charge in [0, 0.05) is 54.8 Å². The molecule has 10 heteroatoms. The number of anilines is 1. The third-order valence-electron chi connectivity index (χ3n) is 4.76. The molecule has 0 aromatic heterocycles. The summed E-state index contributed by atoms with van der Waals surface area (Å²) < 4.78 is 24.0. The highest BCUT2D eigenvalue weighted by Gasteiger charge is 2.25. The Hall–Kier alpha value is -2.65. The number of nitrogens with zero attached hydrogens (tertiary/aromatic N) is 3. The Morgan fingerprint density at radius 1 is 1.10 bits per heavy atom. The van der Waals surface area contributed by atoms with E-state index in [4.69, 9.17) is 11.6 Å². The maximum Gasteiger partial charge on any atom is 0.288 e. The molecule has 0 N–H and O–H groups in total. The maximum absolute atomic E-state index is 12.7. The van der Waals surface area contributed by atoms with Crippen molar-refractivity contribution in [1.82, 2.24) is 4.90 Å². The number of amides is 1. The first kappa shape index (κ1) is 21.1. The van der Waals surface area contributed by atoms with Gasteiger partial charge >= 0.3 is 0 Å². The van der Waals surface area contributed by atoms with Gasteiger partial charge in [0.15, 0.2) is 9.84 Å². The largest absolute Gasteiger partial charge is 0.370 e. The molecule has 29 heavy (non-hydrogen) atoms. The quantitative estimate of drug-likeness (QED) is 0.538. The average Bonchev–Trinajstić information content (AvgIpc) is 2.92. The number of nitro benzene ring substituents is 1. The zero-order valence-corrected chi connectivity index (χ0v) is 17.3. The van der Waals surface area contributed by atoms with E-state index in [1.165, 1.54) is 12.1 Å². The fourth-order valence-corrected chi connectivity index (χ4v) is 4.38. The summed E-state index contributed by atoms with van der Waals surface area (Å²) in [7, 11) is -3.76. The number of sulfone groups is 1. The van der Waals surface area contributed by atoms with Crippen LogP contribution in [0.15, 0.2) is 47.4 Å². The zero-order valence-electron chi connectivity index (χ0n) is 15.7. The van der Waals surface area contributed by atoms with Crippen molar-refractivity contribution >= 4 is 38.7 Å². The van der Waals surface area contributed by atoms with Gasteiger partial charge in [-0.25, -0.2) is 8.42 Å². The van der Waals surface area contributed by atoms with Crippen LogP contribution in [-0.4, -0.2) is 56.6 Å². The molecule has 1 saturated heterocycles. The number of halogens is 1. The van der Waals surface area contributed by atoms with Crippen molar-refractivity contribution in [3.8, 4) is 0 Å². The van der Waals surface area contributed by atoms with Crippen molar-refractivity contribution in [2.24, 2.45) is 0 Å². The van der Waals surface area contributed by atoms with Crippen LogP contribution in [-0.2, 0) is 9.84 Å². The van der Waals surface area contributed by atoms with Gasteiger partial charge in [-0.2, -0.15) is 0 Å². The highest BCUT2D eigenvalue weighted by Crippen LogP contribution is 2.29. The molecule has 3 rings (SSSR count). The summed E-state index contributed by atoms with van der Waals surface area (Å²) in [5.41, 5.74) is 0.651. The van der Waals surface area contributed by atoms with Crippen LogP contribution < -0.4 is 4.90 Å². The van der Waals surface area contributed by atoms with Crippen LogP contribution in [0.4, 0.5) is 11.4 Å². The smallest absolute Gasteiger partial charge is 0.288 e. The Morgan fingerprint density at radius 2 is 1.86 bits per heavy atom. The number of carbonyl (C=O) groups excluding carboxylic acids is 1. The zero-order chi connectivity index (χ0) is 21.2. The lowest BCUT2D eigenvalue weighted by Gasteiger charge is -2.24. The summed E-state index contributed by atoms with van der Waals surface area (Å²) in [6.45, 7) is 2.07. The Labute approximate surface area is 173 Å². The van der Waals surface area contributed by atoms with Crippen LogP contribution >= 0.6 is 11.6 Å². The van der Waals surface area contributed by atoms with Gasteiger partial charge in [0.2, 0.25) is 0 Å². The fraction of sp³-hybridized carbons (Fsp3) is 0.316. The highest BCUT2D eigenvalue weighted by atomic mass is 35.5. The fourth-order valence-electron chi connectivity index (χ4n) is 3.33. The summed E-state index contributed by atoms with van der Waals surface area (Å²) in [4.78, 5) is 26.6. The van der Waals surface area contributed by atoms with Gasteiger partial charge in [0.1, 0.15) is 4.90 Å². The Bertz CT molecular complexity index is 1060. The second kappa shape index (κ2) is 8.38. The predicted molar refractivity (Wildman–Crippen MR) is 110 cm³/mol. The number of benzene rings is 2. The molecule has 0 bridgehead atoms. The minimum atomic E-state index is -3.76. The van der Waals surface area contributed by atoms with E-state index in [-0.39, 0.29) is 10.8 Å². The summed E-state index contributed by atoms with van der Waals surface area (Å²) >= 11 is 5.97. The van der Waals surface area contributed by atoms with E-state index >= 15 is 0 Å². The third-order valence-corrected chi connectivity index (χ3v) is 6.12. The molecule has 8 nitrogen and oxygen atoms in total. The topological polar surface area (TPSA) is 101 Å². The predicted octanol–water partition coefficient (Wildman–Crippen LogP) is 3.00. The van der Waals surface area contributed by atoms with E-state index in [1.54, 1.807) is 35.2 Å². The van der Waals surface area contributed by atoms with Gasteiger partial charge in [0.05, 0.1) is 4.92 Å². The van der Waals surface area contributed by atoms with Gasteiger partial charge in [-0.15, -0.1) is 0 Å². The van der Waals surface area contributed by atoms with Crippen LogP contribution in [0.3, 0.4) is 0 Å². The normalized spacial score (nSPS) is 15.1. The molecule has 1 aliphatic rings. The monoisotopic (exact) mass is 437 g/mol. The molecule has 1 heterocycles. The molecule has 0 aliphatic carbocycles. The van der Waals surface area contributed by atoms with Crippen molar-refractivity contribution in [3.05, 3.63) is 63.2 Å². The number of hydrogen-bond acceptors (Lipinski definition) is 6. The van der Waals surface area contributed by atoms with E-state index in [0.29, 0.717) is 48.9 Å². The summed E-state index contributed by atoms with van der Waals surface area (Å²) in [6, 6.07) is 10.9. The first-order chi connectivity index (χ1) is 13.7. The van der Waals surface area contributed by atoms with Crippen LogP contribution in [0.1, 0.15) is 16.8 Å². The average molecular weight is 438 g/mol. The first-order valence-electron chi connectivity index (χ1n) is 8.95. The van der Waals surface area contributed by atoms with Crippen molar-refractivity contribution in [3.63, 3.8) is 0 Å². The van der Waals surface area contributed by atoms with Crippen molar-refractivity contribution in [2.45, 2.75) is 11.3 Å². The Morgan fingerprint density at radius 3 is 2.52 bits per heavy atom. The second-order valence-corrected chi connectivity index (χ2v) is 9.25. The number of rotatable bonds is 4. The van der Waals surface area contributed by atoms with Gasteiger partial charge in [-0.3, -0.25) is 14.9 Å². The lowest BCUT2D eigenvalue weighted by molar-refractivity contribution is -0.387. The molecule has 2 aromatic carbocycles. The summed E-state index contributed by atoms with van der Waals surface area (Å²) in [5.74, 6) is -0.116. The summed E-state index contributed by atoms with van der Waals surface area (Å²) in [5, 5.41) is 11.7. The number of nitro groups is 1. The second-order valence-electron chi connectivity index (χ2n) is 6.82. The molecule has 0 saturated carbocycles. The van der Waals surface area contributed by atoms with Crippen LogP contribution in [0, 0.1) is 10.1 Å². The minimum absolute atomic E-state index is 0.116. The van der Waals surface area contributed by atoms with E-state index in [2.05, 4.69) is 0 Å². The molecule has 0 spiro atoms. The van der Waals surface area contributed by atoms with Crippen molar-refractivity contribution in [2.75, 3.05) is 37.3 Å². The molecule has 0 atom stereocenters. The molecule has 0 unspecified atom stereocenters. The van der Waals surface area contributed by atoms with Crippen LogP contribution in [0.2, 0.25) is 5.02 Å². The Balaban J connectivity index is 1.81. The lowest BCUT2D eigenvalue weighted by atomic mass is 10.2. The van der Waals surface area contributed by atoms with E-state index in [1.807, 2.05) is 4.90 Å². The van der Waals surface area contributed by atoms with Gasteiger partial charge < -0.3 is 9.80 Å². The lowest BCUT2D eigenvalue weighted by Crippen LogP contribution is -2.35. The van der Waals surface area contributed by atoms with Gasteiger partial charge in [-0.1, -0.05) is 17.7 Å². The molecule has 154 valence electrons. The van der Waals surface area contributed by atoms with E-state index < -0.39 is 20.4 Å². The molecular formula is C19H20ClN3O5S. The molecule has 1 aliphatic heterocycles. The number of carbonyl (C=O) groups is 1. The first-order valence-corrected chi connectivity index (χ1v) is 11.2. The van der Waals surface area contributed by atoms with Gasteiger partial charge in [-0.05, 0) is 36.8 Å². The van der Waals surface area contributed by atoms with Crippen LogP contribution in [0.5, 0.6) is 0 Å². The van der Waals surface area contributed by atoms with Crippen molar-refractivity contribution in [1.29, 1.82) is 0 Å². The van der Waals surface area contributed by atoms with E-state index in [9.17, 15) is 23.3 Å². The number of hydrogen-bond donors (Lipinski definition) is 0. The Kier molecular flexibility index (Phi) is 6.09. The third kappa shape index (κ3) is 4.86. The molecule has 1 fully saturated rings. The van der Waals surface area contributed by atoms with Crippen molar-refractivity contribution < 1.29 is 18.1 Å². The molecule has 0 radical (unpaired) electrons. The van der Waals surface area contributed by atoms with Crippen LogP contribution in [0.25, 0.3) is 0 Å². The SMILES string of the molecule is CS(=O)(=O)c1cc(N2CCCN(C(=O)c3cccc(Cl)c3)CC2)ccc1[N+](=O)[O-]. The molecule has 1 amide bonds. The maximum atomic E-state index is 12.7. The van der Waals surface area contributed by atoms with E-state index in [0.717, 1.165) is 6.26 Å². The molecule has 2 aromatic rings. The highest BCUT2D eigenvalue weighted by molar-refractivity contribution is 7.90. The molecular weight excluding hydrogens is 418 g/mol. The minimum Gasteiger partial charge on any atom is -0.370 e. The summed E-state index contributed by atoms with van der Waals surface area (Å²) in [6.07, 6.45) is 1.63. The standard InChI is InChI=1S/C19H20ClN3O5S/c1-29(27,28)18-13-16(6-7-17(18)23(25)26)21-8-3-9-22(11-10-21)19(24)14-4-2-5-15(20)12-14/h2,4-7,12-13H,3,8-11H2,1H3. The van der Waals surface area contributed by atoms with Gasteiger partial charge in [0.25, 0.3) is 11.6 Å².